The molecule has 10 heteroatoms. The Labute approximate surface area is 222 Å². The zero-order valence-corrected chi connectivity index (χ0v) is 23.8. The number of rotatable bonds is 12. The monoisotopic (exact) mass is 615 g/mol. The van der Waals surface area contributed by atoms with Crippen LogP contribution >= 0.6 is 22.6 Å². The molecular formula is C25H34IN3O5S. The Bertz CT molecular complexity index is 1090. The van der Waals surface area contributed by atoms with Crippen molar-refractivity contribution in [2.75, 3.05) is 24.2 Å². The summed E-state index contributed by atoms with van der Waals surface area (Å²) in [6.45, 7) is 5.45. The van der Waals surface area contributed by atoms with Crippen LogP contribution in [0.1, 0.15) is 39.2 Å². The third-order valence-electron chi connectivity index (χ3n) is 5.69. The summed E-state index contributed by atoms with van der Waals surface area (Å²) in [5.74, 6) is -0.0463. The molecule has 35 heavy (non-hydrogen) atoms. The molecule has 0 saturated carbocycles. The molecule has 1 N–H and O–H groups in total. The van der Waals surface area contributed by atoms with Crippen LogP contribution < -0.4 is 14.4 Å². The normalized spacial score (nSPS) is 13.0. The molecule has 2 atom stereocenters. The minimum Gasteiger partial charge on any atom is -0.497 e. The Morgan fingerprint density at radius 1 is 1.03 bits per heavy atom. The van der Waals surface area contributed by atoms with E-state index in [1.807, 2.05) is 32.9 Å². The van der Waals surface area contributed by atoms with Crippen molar-refractivity contribution < 1.29 is 22.7 Å². The third-order valence-corrected chi connectivity index (χ3v) is 7.55. The number of nitrogens with one attached hydrogen (secondary N) is 1. The van der Waals surface area contributed by atoms with E-state index in [0.29, 0.717) is 17.9 Å². The predicted molar refractivity (Wildman–Crippen MR) is 147 cm³/mol. The molecular weight excluding hydrogens is 581 g/mol. The van der Waals surface area contributed by atoms with E-state index in [0.717, 1.165) is 26.1 Å². The Balaban J connectivity index is 2.42. The Kier molecular flexibility index (Phi) is 10.8. The average Bonchev–Trinajstić information content (AvgIpc) is 2.82. The van der Waals surface area contributed by atoms with Crippen LogP contribution in [0.3, 0.4) is 0 Å². The smallest absolute Gasteiger partial charge is 0.244 e. The number of methoxy groups -OCH3 is 1. The van der Waals surface area contributed by atoms with Gasteiger partial charge in [0, 0.05) is 16.2 Å². The third kappa shape index (κ3) is 8.38. The van der Waals surface area contributed by atoms with E-state index in [1.54, 1.807) is 43.5 Å². The molecule has 0 aromatic heterocycles. The summed E-state index contributed by atoms with van der Waals surface area (Å²) in [5.41, 5.74) is 1.19. The molecule has 0 fully saturated rings. The van der Waals surface area contributed by atoms with Crippen molar-refractivity contribution in [2.45, 2.75) is 52.2 Å². The lowest BCUT2D eigenvalue weighted by Gasteiger charge is -2.33. The fraction of sp³-hybridized carbons (Fsp3) is 0.440. The average molecular weight is 616 g/mol. The van der Waals surface area contributed by atoms with Gasteiger partial charge in [-0.2, -0.15) is 0 Å². The zero-order valence-electron chi connectivity index (χ0n) is 20.8. The zero-order chi connectivity index (χ0) is 26.2. The number of sulfonamides is 1. The first kappa shape index (κ1) is 28.9. The number of hydrogen-bond acceptors (Lipinski definition) is 5. The molecule has 2 rings (SSSR count). The van der Waals surface area contributed by atoms with Crippen molar-refractivity contribution in [1.29, 1.82) is 0 Å². The van der Waals surface area contributed by atoms with Crippen molar-refractivity contribution in [1.82, 2.24) is 10.2 Å². The standard InChI is InChI=1S/C25H34IN3O5S/c1-6-18(3)27-25(31)23(7-2)28(16-19-8-14-22(34-4)15-9-19)24(30)17-29(35(5,32)33)21-12-10-20(26)11-13-21/h8-15,18,23H,6-7,16-17H2,1-5H3,(H,27,31)/t18-,23+/m1/s1. The highest BCUT2D eigenvalue weighted by Crippen LogP contribution is 2.21. The second kappa shape index (κ2) is 13.1. The van der Waals surface area contributed by atoms with Gasteiger partial charge in [0.1, 0.15) is 18.3 Å². The molecule has 0 heterocycles. The molecule has 0 radical (unpaired) electrons. The van der Waals surface area contributed by atoms with Crippen molar-refractivity contribution in [2.24, 2.45) is 0 Å². The number of carbonyl (C=O) groups excluding carboxylic acids is 2. The van der Waals surface area contributed by atoms with Crippen molar-refractivity contribution in [3.05, 3.63) is 57.7 Å². The summed E-state index contributed by atoms with van der Waals surface area (Å²) in [6, 6.07) is 13.3. The van der Waals surface area contributed by atoms with Gasteiger partial charge in [-0.1, -0.05) is 26.0 Å². The highest BCUT2D eigenvalue weighted by molar-refractivity contribution is 14.1. The number of amides is 2. The number of halogens is 1. The van der Waals surface area contributed by atoms with Crippen LogP contribution in [0.4, 0.5) is 5.69 Å². The quantitative estimate of drug-likeness (QED) is 0.367. The molecule has 0 bridgehead atoms. The van der Waals surface area contributed by atoms with Gasteiger partial charge in [0.2, 0.25) is 21.8 Å². The summed E-state index contributed by atoms with van der Waals surface area (Å²) >= 11 is 2.13. The van der Waals surface area contributed by atoms with Gasteiger partial charge < -0.3 is 15.0 Å². The number of carbonyl (C=O) groups is 2. The molecule has 0 saturated heterocycles. The number of nitrogens with zero attached hydrogens (tertiary/aromatic N) is 2. The van der Waals surface area contributed by atoms with Crippen molar-refractivity contribution >= 4 is 50.1 Å². The summed E-state index contributed by atoms with van der Waals surface area (Å²) < 4.78 is 32.5. The summed E-state index contributed by atoms with van der Waals surface area (Å²) in [7, 11) is -2.18. The first-order valence-electron chi connectivity index (χ1n) is 11.5. The number of anilines is 1. The van der Waals surface area contributed by atoms with Gasteiger partial charge in [0.15, 0.2) is 0 Å². The SMILES string of the molecule is CC[C@@H](C)NC(=O)[C@H](CC)N(Cc1ccc(OC)cc1)C(=O)CN(c1ccc(I)cc1)S(C)(=O)=O. The molecule has 2 amide bonds. The molecule has 8 nitrogen and oxygen atoms in total. The molecule has 0 aliphatic carbocycles. The van der Waals surface area contributed by atoms with Gasteiger partial charge in [-0.15, -0.1) is 0 Å². The number of ether oxygens (including phenoxy) is 1. The van der Waals surface area contributed by atoms with Gasteiger partial charge in [-0.3, -0.25) is 13.9 Å². The first-order chi connectivity index (χ1) is 16.5. The molecule has 0 aliphatic rings. The van der Waals surface area contributed by atoms with Gasteiger partial charge in [0.25, 0.3) is 0 Å². The second-order valence-electron chi connectivity index (χ2n) is 8.36. The largest absolute Gasteiger partial charge is 0.497 e. The molecule has 2 aromatic rings. The molecule has 192 valence electrons. The molecule has 0 unspecified atom stereocenters. The van der Waals surface area contributed by atoms with Crippen LogP contribution in [0, 0.1) is 3.57 Å². The van der Waals surface area contributed by atoms with E-state index in [-0.39, 0.29) is 18.5 Å². The molecule has 0 spiro atoms. The van der Waals surface area contributed by atoms with Crippen LogP contribution in [-0.2, 0) is 26.2 Å². The molecule has 2 aromatic carbocycles. The fourth-order valence-electron chi connectivity index (χ4n) is 3.51. The lowest BCUT2D eigenvalue weighted by atomic mass is 10.1. The molecule has 0 aliphatic heterocycles. The van der Waals surface area contributed by atoms with E-state index in [1.165, 1.54) is 4.90 Å². The van der Waals surface area contributed by atoms with Gasteiger partial charge in [-0.05, 0) is 84.3 Å². The van der Waals surface area contributed by atoms with E-state index >= 15 is 0 Å². The maximum atomic E-state index is 13.6. The number of benzene rings is 2. The van der Waals surface area contributed by atoms with Crippen LogP contribution in [0.15, 0.2) is 48.5 Å². The Morgan fingerprint density at radius 2 is 1.63 bits per heavy atom. The van der Waals surface area contributed by atoms with Crippen LogP contribution in [0.25, 0.3) is 0 Å². The van der Waals surface area contributed by atoms with Crippen LogP contribution in [0.5, 0.6) is 5.75 Å². The minimum absolute atomic E-state index is 0.0474. The van der Waals surface area contributed by atoms with E-state index in [2.05, 4.69) is 27.9 Å². The van der Waals surface area contributed by atoms with Crippen LogP contribution in [-0.4, -0.2) is 57.1 Å². The van der Waals surface area contributed by atoms with E-state index < -0.39 is 28.5 Å². The summed E-state index contributed by atoms with van der Waals surface area (Å²) in [5, 5.41) is 2.96. The van der Waals surface area contributed by atoms with E-state index in [4.69, 9.17) is 4.74 Å². The predicted octanol–water partition coefficient (Wildman–Crippen LogP) is 3.79. The summed E-state index contributed by atoms with van der Waals surface area (Å²) in [6.07, 6.45) is 2.20. The lowest BCUT2D eigenvalue weighted by molar-refractivity contribution is -0.140. The second-order valence-corrected chi connectivity index (χ2v) is 11.5. The lowest BCUT2D eigenvalue weighted by Crippen LogP contribution is -2.53. The maximum absolute atomic E-state index is 13.6. The fourth-order valence-corrected chi connectivity index (χ4v) is 4.72. The van der Waals surface area contributed by atoms with Gasteiger partial charge in [0.05, 0.1) is 19.1 Å². The van der Waals surface area contributed by atoms with Gasteiger partial charge in [-0.25, -0.2) is 8.42 Å². The maximum Gasteiger partial charge on any atom is 0.244 e. The Hall–Kier alpha value is -2.34. The number of hydrogen-bond donors (Lipinski definition) is 1. The minimum atomic E-state index is -3.75. The Morgan fingerprint density at radius 3 is 2.11 bits per heavy atom. The summed E-state index contributed by atoms with van der Waals surface area (Å²) in [4.78, 5) is 28.2. The van der Waals surface area contributed by atoms with Gasteiger partial charge >= 0.3 is 0 Å². The highest BCUT2D eigenvalue weighted by Gasteiger charge is 2.32. The highest BCUT2D eigenvalue weighted by atomic mass is 127. The van der Waals surface area contributed by atoms with Crippen molar-refractivity contribution in [3.63, 3.8) is 0 Å². The van der Waals surface area contributed by atoms with Crippen LogP contribution in [0.2, 0.25) is 0 Å². The van der Waals surface area contributed by atoms with Crippen molar-refractivity contribution in [3.8, 4) is 5.75 Å². The topological polar surface area (TPSA) is 96.0 Å². The first-order valence-corrected chi connectivity index (χ1v) is 14.4. The van der Waals surface area contributed by atoms with E-state index in [9.17, 15) is 18.0 Å².